The third-order valence-electron chi connectivity index (χ3n) is 4.18. The van der Waals surface area contributed by atoms with Gasteiger partial charge < -0.3 is 15.4 Å². The Morgan fingerprint density at radius 3 is 2.67 bits per heavy atom. The average Bonchev–Trinajstić information content (AvgIpc) is 3.00. The highest BCUT2D eigenvalue weighted by atomic mass is 32.2. The molecule has 1 unspecified atom stereocenters. The third kappa shape index (κ3) is 4.62. The minimum atomic E-state index is -3.09. The number of ether oxygens (including phenoxy) is 1. The van der Waals surface area contributed by atoms with Gasteiger partial charge in [0.1, 0.15) is 11.4 Å². The van der Waals surface area contributed by atoms with Crippen LogP contribution in [0.2, 0.25) is 0 Å². The second kappa shape index (κ2) is 7.75. The minimum absolute atomic E-state index is 0.0626. The number of methoxy groups -OCH3 is 1. The number of anilines is 1. The molecule has 0 spiro atoms. The summed E-state index contributed by atoms with van der Waals surface area (Å²) in [6.45, 7) is 0. The molecule has 142 valence electrons. The lowest BCUT2D eigenvalue weighted by molar-refractivity contribution is 0.0941. The van der Waals surface area contributed by atoms with E-state index in [4.69, 9.17) is 4.74 Å². The summed E-state index contributed by atoms with van der Waals surface area (Å²) in [5, 5.41) is 5.38. The van der Waals surface area contributed by atoms with Crippen LogP contribution in [0.4, 0.5) is 5.69 Å². The van der Waals surface area contributed by atoms with Crippen molar-refractivity contribution in [3.63, 3.8) is 0 Å². The van der Waals surface area contributed by atoms with Gasteiger partial charge in [0, 0.05) is 17.8 Å². The topological polar surface area (TPSA) is 114 Å². The molecule has 0 aliphatic carbocycles. The smallest absolute Gasteiger partial charge is 0.274 e. The number of para-hydroxylation sites is 2. The van der Waals surface area contributed by atoms with Crippen LogP contribution >= 0.6 is 0 Å². The molecule has 0 bridgehead atoms. The summed E-state index contributed by atoms with van der Waals surface area (Å²) in [7, 11) is -1.59. The van der Waals surface area contributed by atoms with E-state index in [9.17, 15) is 18.0 Å². The highest BCUT2D eigenvalue weighted by Gasteiger charge is 2.29. The Bertz CT molecular complexity index is 974. The number of carbonyl (C=O) groups excluding carboxylic acids is 2. The van der Waals surface area contributed by atoms with Gasteiger partial charge in [-0.3, -0.25) is 14.6 Å². The zero-order valence-electron chi connectivity index (χ0n) is 14.6. The van der Waals surface area contributed by atoms with E-state index in [2.05, 4.69) is 15.6 Å². The molecule has 1 atom stereocenters. The van der Waals surface area contributed by atoms with Crippen LogP contribution < -0.4 is 15.4 Å². The Hall–Kier alpha value is -2.94. The van der Waals surface area contributed by atoms with Crippen molar-refractivity contribution in [2.75, 3.05) is 23.9 Å². The average molecular weight is 389 g/mol. The first kappa shape index (κ1) is 18.8. The molecular formula is C18H19N3O5S. The van der Waals surface area contributed by atoms with Crippen LogP contribution in [0.5, 0.6) is 5.75 Å². The number of aromatic nitrogens is 1. The second-order valence-electron chi connectivity index (χ2n) is 6.16. The second-order valence-corrected chi connectivity index (χ2v) is 8.39. The Balaban J connectivity index is 1.71. The molecule has 0 saturated carbocycles. The summed E-state index contributed by atoms with van der Waals surface area (Å²) in [6.07, 6.45) is 1.75. The Kier molecular flexibility index (Phi) is 5.41. The van der Waals surface area contributed by atoms with Gasteiger partial charge in [0.05, 0.1) is 24.3 Å². The lowest BCUT2D eigenvalue weighted by Gasteiger charge is -2.12. The van der Waals surface area contributed by atoms with Gasteiger partial charge >= 0.3 is 0 Å². The number of carbonyl (C=O) groups is 2. The fourth-order valence-electron chi connectivity index (χ4n) is 2.81. The molecule has 1 aromatic carbocycles. The molecule has 9 heteroatoms. The molecule has 2 N–H and O–H groups in total. The van der Waals surface area contributed by atoms with Crippen molar-refractivity contribution in [2.45, 2.75) is 12.5 Å². The first-order chi connectivity index (χ1) is 12.9. The number of benzene rings is 1. The molecule has 1 fully saturated rings. The molecule has 1 aliphatic heterocycles. The van der Waals surface area contributed by atoms with E-state index in [-0.39, 0.29) is 22.8 Å². The van der Waals surface area contributed by atoms with E-state index in [1.807, 2.05) is 0 Å². The number of hydrogen-bond donors (Lipinski definition) is 2. The molecule has 3 rings (SSSR count). The monoisotopic (exact) mass is 389 g/mol. The molecule has 2 amide bonds. The largest absolute Gasteiger partial charge is 0.495 e. The number of pyridine rings is 1. The Morgan fingerprint density at radius 2 is 1.96 bits per heavy atom. The molecule has 2 aromatic rings. The van der Waals surface area contributed by atoms with Crippen molar-refractivity contribution >= 4 is 27.3 Å². The summed E-state index contributed by atoms with van der Waals surface area (Å²) in [6, 6.07) is 9.35. The number of hydrogen-bond acceptors (Lipinski definition) is 6. The van der Waals surface area contributed by atoms with Crippen molar-refractivity contribution in [1.82, 2.24) is 10.3 Å². The zero-order valence-corrected chi connectivity index (χ0v) is 15.5. The summed E-state index contributed by atoms with van der Waals surface area (Å²) >= 11 is 0. The van der Waals surface area contributed by atoms with E-state index < -0.39 is 27.7 Å². The van der Waals surface area contributed by atoms with Crippen molar-refractivity contribution in [3.8, 4) is 5.75 Å². The van der Waals surface area contributed by atoms with Crippen molar-refractivity contribution in [2.24, 2.45) is 0 Å². The van der Waals surface area contributed by atoms with E-state index in [0.717, 1.165) is 0 Å². The highest BCUT2D eigenvalue weighted by molar-refractivity contribution is 7.91. The van der Waals surface area contributed by atoms with E-state index in [0.29, 0.717) is 17.9 Å². The first-order valence-corrected chi connectivity index (χ1v) is 10.1. The van der Waals surface area contributed by atoms with Crippen LogP contribution in [0.25, 0.3) is 0 Å². The lowest BCUT2D eigenvalue weighted by atomic mass is 10.2. The van der Waals surface area contributed by atoms with Crippen LogP contribution in [0.15, 0.2) is 42.6 Å². The highest BCUT2D eigenvalue weighted by Crippen LogP contribution is 2.23. The summed E-state index contributed by atoms with van der Waals surface area (Å²) in [5.41, 5.74) is 0.782. The molecule has 1 aromatic heterocycles. The van der Waals surface area contributed by atoms with Gasteiger partial charge in [0.25, 0.3) is 11.8 Å². The third-order valence-corrected chi connectivity index (χ3v) is 5.95. The van der Waals surface area contributed by atoms with Crippen LogP contribution in [0.1, 0.15) is 27.3 Å². The van der Waals surface area contributed by atoms with Crippen LogP contribution in [-0.2, 0) is 9.84 Å². The Morgan fingerprint density at radius 1 is 1.19 bits per heavy atom. The number of nitrogens with zero attached hydrogens (tertiary/aromatic N) is 1. The van der Waals surface area contributed by atoms with Gasteiger partial charge in [-0.1, -0.05) is 12.1 Å². The predicted molar refractivity (Wildman–Crippen MR) is 99.7 cm³/mol. The van der Waals surface area contributed by atoms with Crippen LogP contribution in [-0.4, -0.2) is 49.9 Å². The quantitative estimate of drug-likeness (QED) is 0.796. The fraction of sp³-hybridized carbons (Fsp3) is 0.278. The van der Waals surface area contributed by atoms with Gasteiger partial charge in [0.15, 0.2) is 9.84 Å². The lowest BCUT2D eigenvalue weighted by Crippen LogP contribution is -2.35. The Labute approximate surface area is 156 Å². The maximum Gasteiger partial charge on any atom is 0.274 e. The number of sulfone groups is 1. The van der Waals surface area contributed by atoms with Crippen LogP contribution in [0, 0.1) is 0 Å². The van der Waals surface area contributed by atoms with Gasteiger partial charge in [0.2, 0.25) is 0 Å². The van der Waals surface area contributed by atoms with Crippen molar-refractivity contribution in [1.29, 1.82) is 0 Å². The minimum Gasteiger partial charge on any atom is -0.495 e. The molecule has 8 nitrogen and oxygen atoms in total. The van der Waals surface area contributed by atoms with Gasteiger partial charge in [-0.2, -0.15) is 0 Å². The van der Waals surface area contributed by atoms with Crippen molar-refractivity contribution < 1.29 is 22.7 Å². The number of rotatable bonds is 5. The maximum atomic E-state index is 12.4. The van der Waals surface area contributed by atoms with Crippen molar-refractivity contribution in [3.05, 3.63) is 53.9 Å². The molecule has 1 saturated heterocycles. The van der Waals surface area contributed by atoms with E-state index >= 15 is 0 Å². The van der Waals surface area contributed by atoms with Gasteiger partial charge in [-0.25, -0.2) is 8.42 Å². The van der Waals surface area contributed by atoms with Gasteiger partial charge in [-0.15, -0.1) is 0 Å². The molecular weight excluding hydrogens is 370 g/mol. The zero-order chi connectivity index (χ0) is 19.4. The summed E-state index contributed by atoms with van der Waals surface area (Å²) in [4.78, 5) is 28.8. The normalized spacial score (nSPS) is 17.9. The molecule has 1 aliphatic rings. The van der Waals surface area contributed by atoms with E-state index in [1.54, 1.807) is 24.3 Å². The molecule has 27 heavy (non-hydrogen) atoms. The predicted octanol–water partition coefficient (Wildman–Crippen LogP) is 1.26. The fourth-order valence-corrected chi connectivity index (χ4v) is 4.48. The number of amides is 2. The molecule has 2 heterocycles. The standard InChI is InChI=1S/C18H19N3O5S/c1-26-16-5-3-2-4-14(16)21-18(23)15-10-12(6-8-19-15)17(22)20-13-7-9-27(24,25)11-13/h2-6,8,10,13H,7,9,11H2,1H3,(H,20,22)(H,21,23). The summed E-state index contributed by atoms with van der Waals surface area (Å²) in [5.74, 6) is -0.420. The molecule has 0 radical (unpaired) electrons. The maximum absolute atomic E-state index is 12.4. The SMILES string of the molecule is COc1ccccc1NC(=O)c1cc(C(=O)NC2CCS(=O)(=O)C2)ccn1. The summed E-state index contributed by atoms with van der Waals surface area (Å²) < 4.78 is 28.2. The van der Waals surface area contributed by atoms with Crippen LogP contribution in [0.3, 0.4) is 0 Å². The first-order valence-electron chi connectivity index (χ1n) is 8.29. The number of nitrogens with one attached hydrogen (secondary N) is 2. The van der Waals surface area contributed by atoms with E-state index in [1.165, 1.54) is 25.4 Å². The van der Waals surface area contributed by atoms with Gasteiger partial charge in [-0.05, 0) is 30.7 Å².